The lowest BCUT2D eigenvalue weighted by atomic mass is 9.87. The fourth-order valence-corrected chi connectivity index (χ4v) is 2.25. The van der Waals surface area contributed by atoms with Gasteiger partial charge >= 0.3 is 5.97 Å². The summed E-state index contributed by atoms with van der Waals surface area (Å²) in [7, 11) is 0. The minimum Gasteiger partial charge on any atom is -0.479 e. The average Bonchev–Trinajstić information content (AvgIpc) is 2.59. The van der Waals surface area contributed by atoms with Crippen molar-refractivity contribution in [3.05, 3.63) is 64.7 Å². The van der Waals surface area contributed by atoms with Gasteiger partial charge in [0, 0.05) is 10.6 Å². The summed E-state index contributed by atoms with van der Waals surface area (Å²) in [5, 5.41) is 4.24. The molecule has 0 radical (unpaired) electrons. The molecule has 2 N–H and O–H groups in total. The highest BCUT2D eigenvalue weighted by atomic mass is 35.5. The molecule has 0 amide bonds. The number of amidine groups is 1. The number of carbonyl (C=O) groups is 1. The van der Waals surface area contributed by atoms with Gasteiger partial charge in [-0.25, -0.2) is 4.79 Å². The zero-order valence-corrected chi connectivity index (χ0v) is 16.1. The van der Waals surface area contributed by atoms with E-state index >= 15 is 0 Å². The van der Waals surface area contributed by atoms with Crippen molar-refractivity contribution in [1.82, 2.24) is 0 Å². The predicted molar refractivity (Wildman–Crippen MR) is 104 cm³/mol. The summed E-state index contributed by atoms with van der Waals surface area (Å²) in [5.74, 6) is 0.0238. The van der Waals surface area contributed by atoms with Gasteiger partial charge in [0.25, 0.3) is 0 Å². The molecule has 5 nitrogen and oxygen atoms in total. The Morgan fingerprint density at radius 3 is 2.19 bits per heavy atom. The second-order valence-corrected chi connectivity index (χ2v) is 7.36. The van der Waals surface area contributed by atoms with Crippen LogP contribution in [0.15, 0.2) is 53.7 Å². The van der Waals surface area contributed by atoms with Gasteiger partial charge in [-0.1, -0.05) is 49.7 Å². The maximum Gasteiger partial charge on any atom is 0.374 e. The molecule has 2 aromatic carbocycles. The Hall–Kier alpha value is -2.53. The molecular weight excluding hydrogens is 352 g/mol. The first kappa shape index (κ1) is 19.8. The number of carbonyl (C=O) groups excluding carboxylic acids is 1. The molecule has 26 heavy (non-hydrogen) atoms. The topological polar surface area (TPSA) is 73.9 Å². The summed E-state index contributed by atoms with van der Waals surface area (Å²) in [6.07, 6.45) is -0.822. The van der Waals surface area contributed by atoms with E-state index in [2.05, 4.69) is 25.9 Å². The summed E-state index contributed by atoms with van der Waals surface area (Å²) >= 11 is 5.81. The molecular formula is C20H23ClN2O3. The highest BCUT2D eigenvalue weighted by Crippen LogP contribution is 2.24. The minimum absolute atomic E-state index is 0.0526. The number of rotatable bonds is 5. The van der Waals surface area contributed by atoms with Crippen molar-refractivity contribution in [2.24, 2.45) is 10.9 Å². The molecule has 0 aliphatic carbocycles. The summed E-state index contributed by atoms with van der Waals surface area (Å²) < 4.78 is 5.60. The minimum atomic E-state index is -0.822. The molecule has 0 aliphatic rings. The SMILES string of the molecule is C[C@@H](Oc1ccc(C(C)(C)C)cc1)C(=O)O/N=C(/N)c1ccc(Cl)cc1. The molecule has 1 atom stereocenters. The van der Waals surface area contributed by atoms with Crippen LogP contribution < -0.4 is 10.5 Å². The van der Waals surface area contributed by atoms with Crippen molar-refractivity contribution in [2.45, 2.75) is 39.2 Å². The molecule has 0 heterocycles. The van der Waals surface area contributed by atoms with Crippen molar-refractivity contribution in [2.75, 3.05) is 0 Å². The molecule has 0 aromatic heterocycles. The number of hydrogen-bond donors (Lipinski definition) is 1. The second kappa shape index (κ2) is 8.23. The van der Waals surface area contributed by atoms with Crippen LogP contribution in [0.4, 0.5) is 0 Å². The van der Waals surface area contributed by atoms with Gasteiger partial charge in [-0.2, -0.15) is 0 Å². The number of hydrogen-bond acceptors (Lipinski definition) is 4. The van der Waals surface area contributed by atoms with Crippen molar-refractivity contribution < 1.29 is 14.4 Å². The zero-order valence-electron chi connectivity index (χ0n) is 15.3. The predicted octanol–water partition coefficient (Wildman–Crippen LogP) is 4.27. The number of ether oxygens (including phenoxy) is 1. The fraction of sp³-hybridized carbons (Fsp3) is 0.300. The van der Waals surface area contributed by atoms with Gasteiger partial charge in [-0.3, -0.25) is 0 Å². The van der Waals surface area contributed by atoms with Crippen LogP contribution in [0.3, 0.4) is 0 Å². The number of nitrogens with zero attached hydrogens (tertiary/aromatic N) is 1. The van der Waals surface area contributed by atoms with Gasteiger partial charge in [-0.15, -0.1) is 0 Å². The van der Waals surface area contributed by atoms with Gasteiger partial charge in [0.1, 0.15) is 5.75 Å². The molecule has 6 heteroatoms. The lowest BCUT2D eigenvalue weighted by Gasteiger charge is -2.19. The lowest BCUT2D eigenvalue weighted by molar-refractivity contribution is -0.151. The molecule has 2 aromatic rings. The van der Waals surface area contributed by atoms with E-state index in [1.165, 1.54) is 5.56 Å². The van der Waals surface area contributed by atoms with E-state index in [0.717, 1.165) is 0 Å². The van der Waals surface area contributed by atoms with E-state index in [9.17, 15) is 4.79 Å². The van der Waals surface area contributed by atoms with Crippen molar-refractivity contribution in [3.8, 4) is 5.75 Å². The van der Waals surface area contributed by atoms with Crippen LogP contribution in [0.25, 0.3) is 0 Å². The van der Waals surface area contributed by atoms with Crippen LogP contribution in [0, 0.1) is 0 Å². The Kier molecular flexibility index (Phi) is 6.27. The van der Waals surface area contributed by atoms with E-state index in [-0.39, 0.29) is 11.3 Å². The Labute approximate surface area is 158 Å². The maximum absolute atomic E-state index is 12.0. The Morgan fingerprint density at radius 1 is 1.08 bits per heavy atom. The normalized spacial score (nSPS) is 13.2. The largest absolute Gasteiger partial charge is 0.479 e. The quantitative estimate of drug-likeness (QED) is 0.367. The van der Waals surface area contributed by atoms with Crippen molar-refractivity contribution in [1.29, 1.82) is 0 Å². The average molecular weight is 375 g/mol. The summed E-state index contributed by atoms with van der Waals surface area (Å²) in [4.78, 5) is 16.9. The highest BCUT2D eigenvalue weighted by Gasteiger charge is 2.18. The Morgan fingerprint density at radius 2 is 1.65 bits per heavy atom. The van der Waals surface area contributed by atoms with Crippen LogP contribution >= 0.6 is 11.6 Å². The summed E-state index contributed by atoms with van der Waals surface area (Å²) in [6.45, 7) is 7.98. The first-order valence-corrected chi connectivity index (χ1v) is 8.62. The first-order valence-electron chi connectivity index (χ1n) is 8.24. The summed E-state index contributed by atoms with van der Waals surface area (Å²) in [5.41, 5.74) is 7.63. The third-order valence-electron chi connectivity index (χ3n) is 3.74. The molecule has 138 valence electrons. The van der Waals surface area contributed by atoms with Crippen molar-refractivity contribution >= 4 is 23.4 Å². The fourth-order valence-electron chi connectivity index (χ4n) is 2.13. The molecule has 0 unspecified atom stereocenters. The van der Waals surface area contributed by atoms with Gasteiger partial charge < -0.3 is 15.3 Å². The van der Waals surface area contributed by atoms with Crippen LogP contribution in [-0.2, 0) is 15.0 Å². The third kappa shape index (κ3) is 5.49. The van der Waals surface area contributed by atoms with Crippen molar-refractivity contribution in [3.63, 3.8) is 0 Å². The first-order chi connectivity index (χ1) is 12.2. The standard InChI is InChI=1S/C20H23ClN2O3/c1-13(25-17-11-7-15(8-12-17)20(2,3)4)19(24)26-23-18(22)14-5-9-16(21)10-6-14/h5-13H,1-4H3,(H2,22,23)/t13-/m1/s1. The second-order valence-electron chi connectivity index (χ2n) is 6.93. The number of nitrogens with two attached hydrogens (primary N) is 1. The molecule has 0 aliphatic heterocycles. The number of oxime groups is 1. The highest BCUT2D eigenvalue weighted by molar-refractivity contribution is 6.30. The molecule has 0 saturated carbocycles. The molecule has 0 spiro atoms. The monoisotopic (exact) mass is 374 g/mol. The van der Waals surface area contributed by atoms with Gasteiger partial charge in [0.05, 0.1) is 0 Å². The van der Waals surface area contributed by atoms with E-state index in [4.69, 9.17) is 26.9 Å². The third-order valence-corrected chi connectivity index (χ3v) is 3.99. The summed E-state index contributed by atoms with van der Waals surface area (Å²) in [6, 6.07) is 14.3. The zero-order chi connectivity index (χ0) is 19.3. The van der Waals surface area contributed by atoms with Gasteiger partial charge in [0.15, 0.2) is 11.9 Å². The van der Waals surface area contributed by atoms with E-state index < -0.39 is 12.1 Å². The van der Waals surface area contributed by atoms with E-state index in [1.807, 2.05) is 24.3 Å². The van der Waals surface area contributed by atoms with E-state index in [1.54, 1.807) is 31.2 Å². The Bertz CT molecular complexity index is 778. The molecule has 2 rings (SSSR count). The number of halogens is 1. The van der Waals surface area contributed by atoms with Gasteiger partial charge in [-0.05, 0) is 54.3 Å². The van der Waals surface area contributed by atoms with Crippen LogP contribution in [0.1, 0.15) is 38.8 Å². The van der Waals surface area contributed by atoms with E-state index in [0.29, 0.717) is 16.3 Å². The molecule has 0 saturated heterocycles. The Balaban J connectivity index is 1.94. The maximum atomic E-state index is 12.0. The lowest BCUT2D eigenvalue weighted by Crippen LogP contribution is -2.26. The molecule has 0 fully saturated rings. The van der Waals surface area contributed by atoms with Crippen LogP contribution in [-0.4, -0.2) is 17.9 Å². The molecule has 0 bridgehead atoms. The van der Waals surface area contributed by atoms with Gasteiger partial charge in [0.2, 0.25) is 0 Å². The smallest absolute Gasteiger partial charge is 0.374 e. The van der Waals surface area contributed by atoms with Crippen LogP contribution in [0.5, 0.6) is 5.75 Å². The number of benzene rings is 2. The van der Waals surface area contributed by atoms with Crippen LogP contribution in [0.2, 0.25) is 5.02 Å².